The first kappa shape index (κ1) is 15.4. The van der Waals surface area contributed by atoms with Crippen LogP contribution >= 0.6 is 11.6 Å². The normalized spacial score (nSPS) is 10.8. The van der Waals surface area contributed by atoms with Crippen LogP contribution in [0.3, 0.4) is 0 Å². The lowest BCUT2D eigenvalue weighted by Crippen LogP contribution is -2.17. The molecular formula is C15H15ClFN3O. The van der Waals surface area contributed by atoms with E-state index in [2.05, 4.69) is 15.3 Å². The molecule has 0 spiro atoms. The molecule has 1 aromatic carbocycles. The van der Waals surface area contributed by atoms with Crippen LogP contribution in [0, 0.1) is 12.7 Å². The first-order valence-corrected chi connectivity index (χ1v) is 6.86. The van der Waals surface area contributed by atoms with Gasteiger partial charge in [-0.05, 0) is 24.6 Å². The molecule has 0 saturated heterocycles. The quantitative estimate of drug-likeness (QED) is 0.934. The highest BCUT2D eigenvalue weighted by Crippen LogP contribution is 2.20. The molecule has 0 saturated carbocycles. The van der Waals surface area contributed by atoms with E-state index in [1.165, 1.54) is 12.3 Å². The van der Waals surface area contributed by atoms with E-state index in [0.29, 0.717) is 5.82 Å². The van der Waals surface area contributed by atoms with Crippen LogP contribution in [0.25, 0.3) is 0 Å². The maximum Gasteiger partial charge on any atom is 0.276 e. The van der Waals surface area contributed by atoms with Crippen LogP contribution < -0.4 is 5.32 Å². The Morgan fingerprint density at radius 2 is 2.10 bits per heavy atom. The van der Waals surface area contributed by atoms with Crippen LogP contribution in [-0.4, -0.2) is 15.9 Å². The minimum Gasteiger partial charge on any atom is -0.318 e. The number of hydrogen-bond acceptors (Lipinski definition) is 3. The van der Waals surface area contributed by atoms with Crippen molar-refractivity contribution in [1.82, 2.24) is 9.97 Å². The molecule has 0 atom stereocenters. The second-order valence-corrected chi connectivity index (χ2v) is 5.42. The van der Waals surface area contributed by atoms with Gasteiger partial charge in [-0.25, -0.2) is 14.4 Å². The maximum atomic E-state index is 13.7. The number of nitrogens with zero attached hydrogens (tertiary/aromatic N) is 2. The number of nitrogens with one attached hydrogen (secondary N) is 1. The molecule has 1 N–H and O–H groups in total. The third-order valence-corrected chi connectivity index (χ3v) is 3.14. The van der Waals surface area contributed by atoms with Crippen molar-refractivity contribution in [2.45, 2.75) is 26.7 Å². The molecule has 0 unspecified atom stereocenters. The van der Waals surface area contributed by atoms with E-state index in [9.17, 15) is 9.18 Å². The zero-order valence-corrected chi connectivity index (χ0v) is 12.7. The molecular weight excluding hydrogens is 293 g/mol. The van der Waals surface area contributed by atoms with Crippen LogP contribution in [-0.2, 0) is 0 Å². The highest BCUT2D eigenvalue weighted by Gasteiger charge is 2.17. The van der Waals surface area contributed by atoms with Crippen LogP contribution in [0.5, 0.6) is 0 Å². The number of anilines is 1. The fourth-order valence-electron chi connectivity index (χ4n) is 1.73. The molecule has 6 heteroatoms. The Balaban J connectivity index is 2.32. The molecule has 1 aromatic heterocycles. The Morgan fingerprint density at radius 1 is 1.38 bits per heavy atom. The molecule has 0 aliphatic heterocycles. The second kappa shape index (κ2) is 6.18. The van der Waals surface area contributed by atoms with Crippen molar-refractivity contribution in [3.63, 3.8) is 0 Å². The molecule has 4 nitrogen and oxygen atoms in total. The van der Waals surface area contributed by atoms with Crippen molar-refractivity contribution >= 4 is 23.2 Å². The van der Waals surface area contributed by atoms with Gasteiger partial charge in [-0.1, -0.05) is 31.5 Å². The number of hydrogen-bond donors (Lipinski definition) is 1. The highest BCUT2D eigenvalue weighted by molar-refractivity contribution is 6.33. The predicted octanol–water partition coefficient (Wildman–Crippen LogP) is 3.95. The fraction of sp³-hybridized carbons (Fsp3) is 0.267. The summed E-state index contributed by atoms with van der Waals surface area (Å²) in [6.07, 6.45) is 1.38. The smallest absolute Gasteiger partial charge is 0.276 e. The van der Waals surface area contributed by atoms with Crippen molar-refractivity contribution < 1.29 is 9.18 Å². The van der Waals surface area contributed by atoms with E-state index in [1.54, 1.807) is 12.1 Å². The summed E-state index contributed by atoms with van der Waals surface area (Å²) in [4.78, 5) is 20.4. The van der Waals surface area contributed by atoms with Gasteiger partial charge in [0.2, 0.25) is 0 Å². The number of amides is 1. The molecule has 0 bridgehead atoms. The number of aromatic nitrogens is 2. The zero-order valence-electron chi connectivity index (χ0n) is 11.9. The summed E-state index contributed by atoms with van der Waals surface area (Å²) in [6.45, 7) is 5.62. The number of carbonyl (C=O) groups is 1. The Labute approximate surface area is 127 Å². The third-order valence-electron chi connectivity index (χ3n) is 2.86. The molecule has 21 heavy (non-hydrogen) atoms. The molecule has 1 heterocycles. The van der Waals surface area contributed by atoms with Crippen LogP contribution in [0.15, 0.2) is 24.4 Å². The summed E-state index contributed by atoms with van der Waals surface area (Å²) >= 11 is 5.95. The molecule has 0 fully saturated rings. The lowest BCUT2D eigenvalue weighted by atomic mass is 10.2. The van der Waals surface area contributed by atoms with Gasteiger partial charge in [-0.15, -0.1) is 0 Å². The number of rotatable bonds is 3. The lowest BCUT2D eigenvalue weighted by molar-refractivity contribution is 0.102. The van der Waals surface area contributed by atoms with Gasteiger partial charge in [0, 0.05) is 5.92 Å². The largest absolute Gasteiger partial charge is 0.318 e. The summed E-state index contributed by atoms with van der Waals surface area (Å²) in [5.41, 5.74) is 0.973. The fourth-order valence-corrected chi connectivity index (χ4v) is 1.91. The van der Waals surface area contributed by atoms with Crippen molar-refractivity contribution in [2.75, 3.05) is 5.32 Å². The number of halogens is 2. The van der Waals surface area contributed by atoms with Crippen molar-refractivity contribution in [2.24, 2.45) is 0 Å². The van der Waals surface area contributed by atoms with Gasteiger partial charge in [0.25, 0.3) is 5.91 Å². The van der Waals surface area contributed by atoms with E-state index >= 15 is 0 Å². The van der Waals surface area contributed by atoms with E-state index in [1.807, 2.05) is 20.8 Å². The van der Waals surface area contributed by atoms with Gasteiger partial charge < -0.3 is 5.32 Å². The number of benzene rings is 1. The summed E-state index contributed by atoms with van der Waals surface area (Å²) in [7, 11) is 0. The minimum atomic E-state index is -0.561. The molecule has 110 valence electrons. The van der Waals surface area contributed by atoms with Crippen LogP contribution in [0.4, 0.5) is 10.1 Å². The average Bonchev–Trinajstić information content (AvgIpc) is 2.43. The van der Waals surface area contributed by atoms with Gasteiger partial charge in [0.15, 0.2) is 5.69 Å². The molecule has 2 rings (SSSR count). The van der Waals surface area contributed by atoms with Gasteiger partial charge in [-0.2, -0.15) is 0 Å². The van der Waals surface area contributed by atoms with Gasteiger partial charge in [-0.3, -0.25) is 4.79 Å². The Morgan fingerprint density at radius 3 is 2.76 bits per heavy atom. The topological polar surface area (TPSA) is 54.9 Å². The molecule has 0 radical (unpaired) electrons. The van der Waals surface area contributed by atoms with Crippen LogP contribution in [0.1, 0.15) is 41.6 Å². The highest BCUT2D eigenvalue weighted by atomic mass is 35.5. The molecule has 1 amide bonds. The Kier molecular flexibility index (Phi) is 4.53. The maximum absolute atomic E-state index is 13.7. The first-order valence-electron chi connectivity index (χ1n) is 6.48. The summed E-state index contributed by atoms with van der Waals surface area (Å²) in [5, 5.41) is 2.62. The minimum absolute atomic E-state index is 0.0382. The van der Waals surface area contributed by atoms with Gasteiger partial charge in [0.05, 0.1) is 16.9 Å². The SMILES string of the molecule is Cc1ccc(F)c(NC(=O)c2nc(C(C)C)ncc2Cl)c1. The van der Waals surface area contributed by atoms with E-state index in [4.69, 9.17) is 11.6 Å². The van der Waals surface area contributed by atoms with Crippen molar-refractivity contribution in [3.8, 4) is 0 Å². The van der Waals surface area contributed by atoms with Crippen LogP contribution in [0.2, 0.25) is 5.02 Å². The zero-order chi connectivity index (χ0) is 15.6. The van der Waals surface area contributed by atoms with E-state index < -0.39 is 11.7 Å². The van der Waals surface area contributed by atoms with E-state index in [-0.39, 0.29) is 22.3 Å². The number of carbonyl (C=O) groups excluding carboxylic acids is 1. The first-order chi connectivity index (χ1) is 9.88. The lowest BCUT2D eigenvalue weighted by Gasteiger charge is -2.10. The van der Waals surface area contributed by atoms with Gasteiger partial charge in [0.1, 0.15) is 11.6 Å². The number of aryl methyl sites for hydroxylation is 1. The standard InChI is InChI=1S/C15H15ClFN3O/c1-8(2)14-18-7-10(16)13(20-14)15(21)19-12-6-9(3)4-5-11(12)17/h4-8H,1-3H3,(H,19,21). The summed E-state index contributed by atoms with van der Waals surface area (Å²) in [6, 6.07) is 4.47. The average molecular weight is 308 g/mol. The predicted molar refractivity (Wildman–Crippen MR) is 80.2 cm³/mol. The molecule has 0 aliphatic rings. The Bertz CT molecular complexity index is 689. The van der Waals surface area contributed by atoms with E-state index in [0.717, 1.165) is 5.56 Å². The third kappa shape index (κ3) is 3.55. The molecule has 0 aliphatic carbocycles. The summed E-state index contributed by atoms with van der Waals surface area (Å²) in [5.74, 6) is -0.504. The van der Waals surface area contributed by atoms with Gasteiger partial charge >= 0.3 is 0 Å². The van der Waals surface area contributed by atoms with Crippen molar-refractivity contribution in [3.05, 3.63) is 52.3 Å². The second-order valence-electron chi connectivity index (χ2n) is 5.02. The summed E-state index contributed by atoms with van der Waals surface area (Å²) < 4.78 is 13.7. The Hall–Kier alpha value is -2.01. The monoisotopic (exact) mass is 307 g/mol. The molecule has 2 aromatic rings. The van der Waals surface area contributed by atoms with Crippen molar-refractivity contribution in [1.29, 1.82) is 0 Å².